The molecule has 0 unspecified atom stereocenters. The summed E-state index contributed by atoms with van der Waals surface area (Å²) in [6.07, 6.45) is 0. The van der Waals surface area contributed by atoms with Crippen LogP contribution < -0.4 is 4.73 Å². The molecule has 0 spiro atoms. The van der Waals surface area contributed by atoms with Gasteiger partial charge in [-0.05, 0) is 23.6 Å². The molecule has 3 rings (SSSR count). The summed E-state index contributed by atoms with van der Waals surface area (Å²) < 4.78 is 1.01. The number of aryl methyl sites for hydroxylation is 1. The fourth-order valence-corrected chi connectivity index (χ4v) is 2.09. The van der Waals surface area contributed by atoms with Crippen molar-refractivity contribution in [3.63, 3.8) is 0 Å². The first-order chi connectivity index (χ1) is 7.77. The minimum absolute atomic E-state index is 0.726. The highest BCUT2D eigenvalue weighted by Gasteiger charge is 2.10. The van der Waals surface area contributed by atoms with Gasteiger partial charge in [-0.2, -0.15) is 4.73 Å². The average molecular weight is 209 g/mol. The third-order valence-electron chi connectivity index (χ3n) is 2.96. The second-order valence-corrected chi connectivity index (χ2v) is 3.99. The number of hydrogen-bond acceptors (Lipinski definition) is 1. The van der Waals surface area contributed by atoms with E-state index in [-0.39, 0.29) is 0 Å². The van der Waals surface area contributed by atoms with Crippen molar-refractivity contribution < 1.29 is 4.73 Å². The van der Waals surface area contributed by atoms with Crippen LogP contribution in [0.15, 0.2) is 48.5 Å². The summed E-state index contributed by atoms with van der Waals surface area (Å²) >= 11 is 0. The molecule has 1 heterocycles. The first kappa shape index (κ1) is 9.16. The van der Waals surface area contributed by atoms with E-state index in [0.717, 1.165) is 32.1 Å². The van der Waals surface area contributed by atoms with Gasteiger partial charge in [-0.15, -0.1) is 0 Å². The lowest BCUT2D eigenvalue weighted by molar-refractivity contribution is -0.583. The first-order valence-corrected chi connectivity index (χ1v) is 5.28. The second kappa shape index (κ2) is 3.20. The summed E-state index contributed by atoms with van der Waals surface area (Å²) in [6, 6.07) is 15.8. The monoisotopic (exact) mass is 209 g/mol. The van der Waals surface area contributed by atoms with E-state index in [1.165, 1.54) is 0 Å². The van der Waals surface area contributed by atoms with Crippen LogP contribution >= 0.6 is 0 Å². The fraction of sp³-hybridized carbons (Fsp3) is 0.0714. The molecule has 0 aliphatic rings. The Bertz CT molecular complexity index is 689. The Hall–Kier alpha value is -2.09. The number of hydrogen-bond donors (Lipinski definition) is 0. The number of aromatic nitrogens is 1. The Balaban J connectivity index is 2.63. The minimum atomic E-state index is 0.726. The van der Waals surface area contributed by atoms with Gasteiger partial charge in [0.05, 0.1) is 5.39 Å². The molecule has 16 heavy (non-hydrogen) atoms. The molecule has 0 bridgehead atoms. The molecule has 1 aromatic heterocycles. The third kappa shape index (κ3) is 1.16. The molecular formula is C14H11NO. The maximum absolute atomic E-state index is 12.1. The van der Waals surface area contributed by atoms with Crippen molar-refractivity contribution in [2.24, 2.45) is 0 Å². The van der Waals surface area contributed by atoms with Gasteiger partial charge in [-0.3, -0.25) is 0 Å². The second-order valence-electron chi connectivity index (χ2n) is 3.99. The van der Waals surface area contributed by atoms with Crippen LogP contribution in [0.4, 0.5) is 0 Å². The van der Waals surface area contributed by atoms with E-state index in [4.69, 9.17) is 0 Å². The van der Waals surface area contributed by atoms with Crippen LogP contribution in [0.5, 0.6) is 0 Å². The maximum Gasteiger partial charge on any atom is 0.231 e. The zero-order valence-electron chi connectivity index (χ0n) is 8.97. The molecule has 2 aromatic carbocycles. The molecular weight excluding hydrogens is 198 g/mol. The number of benzene rings is 2. The summed E-state index contributed by atoms with van der Waals surface area (Å²) in [7, 11) is 0. The quantitative estimate of drug-likeness (QED) is 0.317. The van der Waals surface area contributed by atoms with Gasteiger partial charge in [0.2, 0.25) is 5.52 Å². The molecule has 0 saturated heterocycles. The minimum Gasteiger partial charge on any atom is -0.618 e. The van der Waals surface area contributed by atoms with Crippen molar-refractivity contribution >= 4 is 21.7 Å². The largest absolute Gasteiger partial charge is 0.618 e. The van der Waals surface area contributed by atoms with E-state index in [1.807, 2.05) is 55.5 Å². The smallest absolute Gasteiger partial charge is 0.231 e. The SMILES string of the molecule is Cc1ccc2ccc3ccccc3c2[n+]1[O-]. The molecule has 0 atom stereocenters. The van der Waals surface area contributed by atoms with E-state index in [1.54, 1.807) is 0 Å². The van der Waals surface area contributed by atoms with Crippen LogP contribution in [-0.4, -0.2) is 0 Å². The van der Waals surface area contributed by atoms with E-state index in [0.29, 0.717) is 0 Å². The van der Waals surface area contributed by atoms with E-state index in [9.17, 15) is 5.21 Å². The van der Waals surface area contributed by atoms with Gasteiger partial charge in [-0.1, -0.05) is 24.3 Å². The number of fused-ring (bicyclic) bond motifs is 3. The zero-order chi connectivity index (χ0) is 11.1. The van der Waals surface area contributed by atoms with Crippen LogP contribution in [0, 0.1) is 12.1 Å². The maximum atomic E-state index is 12.1. The lowest BCUT2D eigenvalue weighted by atomic mass is 10.1. The van der Waals surface area contributed by atoms with Gasteiger partial charge in [0.1, 0.15) is 0 Å². The Morgan fingerprint density at radius 1 is 0.875 bits per heavy atom. The summed E-state index contributed by atoms with van der Waals surface area (Å²) in [6.45, 7) is 1.83. The summed E-state index contributed by atoms with van der Waals surface area (Å²) in [4.78, 5) is 0. The fourth-order valence-electron chi connectivity index (χ4n) is 2.09. The van der Waals surface area contributed by atoms with Crippen molar-refractivity contribution in [2.75, 3.05) is 0 Å². The lowest BCUT2D eigenvalue weighted by Gasteiger charge is -2.07. The molecule has 0 N–H and O–H groups in total. The van der Waals surface area contributed by atoms with Gasteiger partial charge in [0.15, 0.2) is 5.69 Å². The molecule has 2 heteroatoms. The molecule has 0 aliphatic carbocycles. The van der Waals surface area contributed by atoms with Gasteiger partial charge in [0.25, 0.3) is 0 Å². The number of pyridine rings is 1. The van der Waals surface area contributed by atoms with E-state index < -0.39 is 0 Å². The van der Waals surface area contributed by atoms with Gasteiger partial charge < -0.3 is 5.21 Å². The van der Waals surface area contributed by atoms with Crippen LogP contribution in [0.2, 0.25) is 0 Å². The highest BCUT2D eigenvalue weighted by Crippen LogP contribution is 2.22. The van der Waals surface area contributed by atoms with Crippen molar-refractivity contribution in [1.29, 1.82) is 0 Å². The van der Waals surface area contributed by atoms with Gasteiger partial charge >= 0.3 is 0 Å². The summed E-state index contributed by atoms with van der Waals surface area (Å²) in [5, 5.41) is 15.2. The van der Waals surface area contributed by atoms with Crippen molar-refractivity contribution in [3.05, 3.63) is 59.4 Å². The highest BCUT2D eigenvalue weighted by molar-refractivity contribution is 6.03. The summed E-state index contributed by atoms with van der Waals surface area (Å²) in [5.41, 5.74) is 1.49. The highest BCUT2D eigenvalue weighted by atomic mass is 16.5. The van der Waals surface area contributed by atoms with Crippen LogP contribution in [0.1, 0.15) is 5.69 Å². The molecule has 78 valence electrons. The Kier molecular flexibility index (Phi) is 1.83. The van der Waals surface area contributed by atoms with E-state index >= 15 is 0 Å². The molecule has 0 saturated carbocycles. The number of nitrogens with zero attached hydrogens (tertiary/aromatic N) is 1. The molecule has 0 fully saturated rings. The third-order valence-corrected chi connectivity index (χ3v) is 2.96. The number of rotatable bonds is 0. The van der Waals surface area contributed by atoms with Crippen molar-refractivity contribution in [3.8, 4) is 0 Å². The normalized spacial score (nSPS) is 11.1. The zero-order valence-corrected chi connectivity index (χ0v) is 8.97. The van der Waals surface area contributed by atoms with Crippen molar-refractivity contribution in [2.45, 2.75) is 6.92 Å². The van der Waals surface area contributed by atoms with Crippen LogP contribution in [0.25, 0.3) is 21.7 Å². The van der Waals surface area contributed by atoms with Gasteiger partial charge in [0, 0.05) is 18.4 Å². The molecule has 2 nitrogen and oxygen atoms in total. The van der Waals surface area contributed by atoms with E-state index in [2.05, 4.69) is 0 Å². The topological polar surface area (TPSA) is 26.9 Å². The van der Waals surface area contributed by atoms with Crippen LogP contribution in [0.3, 0.4) is 0 Å². The lowest BCUT2D eigenvalue weighted by Crippen LogP contribution is -2.30. The molecule has 0 radical (unpaired) electrons. The Morgan fingerprint density at radius 2 is 1.56 bits per heavy atom. The molecule has 0 aliphatic heterocycles. The predicted molar refractivity (Wildman–Crippen MR) is 65.2 cm³/mol. The van der Waals surface area contributed by atoms with Gasteiger partial charge in [-0.25, -0.2) is 0 Å². The molecule has 0 amide bonds. The molecule has 3 aromatic rings. The average Bonchev–Trinajstić information content (AvgIpc) is 2.33. The Morgan fingerprint density at radius 3 is 2.44 bits per heavy atom. The standard InChI is InChI=1S/C14H11NO/c1-10-6-7-12-9-8-11-4-2-3-5-13(11)14(12)15(10)16/h2-9H,1H3. The first-order valence-electron chi connectivity index (χ1n) is 5.28. The summed E-state index contributed by atoms with van der Waals surface area (Å²) in [5.74, 6) is 0. The Labute approximate surface area is 93.3 Å². The predicted octanol–water partition coefficient (Wildman–Crippen LogP) is 2.93. The van der Waals surface area contributed by atoms with Crippen LogP contribution in [-0.2, 0) is 0 Å². The van der Waals surface area contributed by atoms with Crippen molar-refractivity contribution in [1.82, 2.24) is 0 Å².